The molecule has 0 aliphatic carbocycles. The zero-order valence-corrected chi connectivity index (χ0v) is 15.9. The molecule has 2 rings (SSSR count). The highest BCUT2D eigenvalue weighted by Crippen LogP contribution is 2.37. The summed E-state index contributed by atoms with van der Waals surface area (Å²) in [5, 5.41) is 0. The lowest BCUT2D eigenvalue weighted by molar-refractivity contribution is 0.0525. The summed E-state index contributed by atoms with van der Waals surface area (Å²) in [7, 11) is 1.53. The van der Waals surface area contributed by atoms with Crippen molar-refractivity contribution in [3.05, 3.63) is 56.5 Å². The van der Waals surface area contributed by atoms with Crippen molar-refractivity contribution in [2.45, 2.75) is 13.5 Å². The van der Waals surface area contributed by atoms with Gasteiger partial charge in [-0.25, -0.2) is 4.79 Å². The Morgan fingerprint density at radius 2 is 1.96 bits per heavy atom. The van der Waals surface area contributed by atoms with E-state index < -0.39 is 5.97 Å². The summed E-state index contributed by atoms with van der Waals surface area (Å²) in [5.74, 6) is 0.614. The molecule has 0 unspecified atom stereocenters. The number of carbonyl (C=O) groups excluding carboxylic acids is 1. The Morgan fingerprint density at radius 3 is 2.61 bits per heavy atom. The van der Waals surface area contributed by atoms with E-state index in [4.69, 9.17) is 14.2 Å². The van der Waals surface area contributed by atoms with Crippen molar-refractivity contribution in [2.24, 2.45) is 0 Å². The normalized spacial score (nSPS) is 10.3. The molecule has 0 radical (unpaired) electrons. The number of hydrogen-bond acceptors (Lipinski definition) is 4. The highest BCUT2D eigenvalue weighted by Gasteiger charge is 2.16. The Bertz CT molecular complexity index is 701. The van der Waals surface area contributed by atoms with E-state index in [0.717, 1.165) is 10.0 Å². The van der Waals surface area contributed by atoms with Gasteiger partial charge in [0.1, 0.15) is 6.61 Å². The van der Waals surface area contributed by atoms with Gasteiger partial charge in [0.05, 0.1) is 23.8 Å². The Morgan fingerprint density at radius 1 is 1.17 bits per heavy atom. The number of esters is 1. The van der Waals surface area contributed by atoms with Crippen LogP contribution in [0.5, 0.6) is 11.5 Å². The van der Waals surface area contributed by atoms with Crippen LogP contribution in [-0.4, -0.2) is 19.7 Å². The van der Waals surface area contributed by atoms with Crippen LogP contribution in [0.4, 0.5) is 0 Å². The SMILES string of the molecule is CCOC(=O)c1cc(Br)c(OCc2cccc(Br)c2)c(OC)c1. The van der Waals surface area contributed by atoms with E-state index in [1.54, 1.807) is 19.1 Å². The summed E-state index contributed by atoms with van der Waals surface area (Å²) in [6.45, 7) is 2.46. The van der Waals surface area contributed by atoms with Gasteiger partial charge in [-0.1, -0.05) is 28.1 Å². The molecular formula is C17H16Br2O4. The molecule has 0 aromatic heterocycles. The van der Waals surface area contributed by atoms with Crippen LogP contribution < -0.4 is 9.47 Å². The highest BCUT2D eigenvalue weighted by molar-refractivity contribution is 9.10. The minimum absolute atomic E-state index is 0.319. The molecule has 0 aliphatic rings. The first-order valence-electron chi connectivity index (χ1n) is 6.97. The van der Waals surface area contributed by atoms with Gasteiger partial charge in [-0.05, 0) is 52.7 Å². The van der Waals surface area contributed by atoms with E-state index in [1.165, 1.54) is 7.11 Å². The molecule has 2 aromatic carbocycles. The fraction of sp³-hybridized carbons (Fsp3) is 0.235. The number of ether oxygens (including phenoxy) is 3. The largest absolute Gasteiger partial charge is 0.493 e. The summed E-state index contributed by atoms with van der Waals surface area (Å²) in [5.41, 5.74) is 1.42. The molecule has 0 atom stereocenters. The van der Waals surface area contributed by atoms with Gasteiger partial charge in [0.25, 0.3) is 0 Å². The number of hydrogen-bond donors (Lipinski definition) is 0. The molecule has 4 nitrogen and oxygen atoms in total. The van der Waals surface area contributed by atoms with Crippen LogP contribution in [-0.2, 0) is 11.3 Å². The first kappa shape index (κ1) is 17.8. The molecule has 6 heteroatoms. The summed E-state index contributed by atoms with van der Waals surface area (Å²) < 4.78 is 17.8. The third-order valence-corrected chi connectivity index (χ3v) is 4.10. The van der Waals surface area contributed by atoms with E-state index in [1.807, 2.05) is 24.3 Å². The molecule has 0 fully saturated rings. The predicted octanol–water partition coefficient (Wildman–Crippen LogP) is 4.98. The number of halogens is 2. The van der Waals surface area contributed by atoms with Gasteiger partial charge in [-0.3, -0.25) is 0 Å². The molecule has 0 amide bonds. The topological polar surface area (TPSA) is 44.8 Å². The van der Waals surface area contributed by atoms with E-state index in [-0.39, 0.29) is 0 Å². The van der Waals surface area contributed by atoms with Gasteiger partial charge in [0, 0.05) is 4.47 Å². The van der Waals surface area contributed by atoms with Gasteiger partial charge in [-0.2, -0.15) is 0 Å². The van der Waals surface area contributed by atoms with Crippen molar-refractivity contribution >= 4 is 37.8 Å². The average molecular weight is 444 g/mol. The van der Waals surface area contributed by atoms with E-state index in [0.29, 0.717) is 34.7 Å². The first-order chi connectivity index (χ1) is 11.0. The Balaban J connectivity index is 2.22. The molecule has 0 heterocycles. The monoisotopic (exact) mass is 442 g/mol. The van der Waals surface area contributed by atoms with Crippen LogP contribution in [0.15, 0.2) is 45.3 Å². The van der Waals surface area contributed by atoms with E-state index in [2.05, 4.69) is 31.9 Å². The first-order valence-corrected chi connectivity index (χ1v) is 8.55. The zero-order chi connectivity index (χ0) is 16.8. The van der Waals surface area contributed by atoms with Gasteiger partial charge in [0.15, 0.2) is 11.5 Å². The second-order valence-corrected chi connectivity index (χ2v) is 6.40. The highest BCUT2D eigenvalue weighted by atomic mass is 79.9. The summed E-state index contributed by atoms with van der Waals surface area (Å²) in [6, 6.07) is 11.1. The summed E-state index contributed by atoms with van der Waals surface area (Å²) in [4.78, 5) is 11.8. The van der Waals surface area contributed by atoms with Crippen molar-refractivity contribution in [1.82, 2.24) is 0 Å². The average Bonchev–Trinajstić information content (AvgIpc) is 2.53. The molecule has 2 aromatic rings. The van der Waals surface area contributed by atoms with E-state index >= 15 is 0 Å². The molecule has 0 N–H and O–H groups in total. The minimum Gasteiger partial charge on any atom is -0.493 e. The van der Waals surface area contributed by atoms with Crippen molar-refractivity contribution in [3.8, 4) is 11.5 Å². The van der Waals surface area contributed by atoms with Crippen molar-refractivity contribution in [1.29, 1.82) is 0 Å². The third-order valence-electron chi connectivity index (χ3n) is 3.01. The van der Waals surface area contributed by atoms with Crippen LogP contribution >= 0.6 is 31.9 Å². The standard InChI is InChI=1S/C17H16Br2O4/c1-3-22-17(20)12-8-14(19)16(15(9-12)21-2)23-10-11-5-4-6-13(18)7-11/h4-9H,3,10H2,1-2H3. The van der Waals surface area contributed by atoms with Gasteiger partial charge in [-0.15, -0.1) is 0 Å². The number of methoxy groups -OCH3 is 1. The van der Waals surface area contributed by atoms with Crippen LogP contribution in [0.3, 0.4) is 0 Å². The van der Waals surface area contributed by atoms with Gasteiger partial charge in [0.2, 0.25) is 0 Å². The Hall–Kier alpha value is -1.53. The molecule has 0 aliphatic heterocycles. The van der Waals surface area contributed by atoms with Crippen LogP contribution in [0.25, 0.3) is 0 Å². The quantitative estimate of drug-likeness (QED) is 0.591. The molecular weight excluding hydrogens is 428 g/mol. The molecule has 0 saturated heterocycles. The molecule has 0 bridgehead atoms. The lowest BCUT2D eigenvalue weighted by Crippen LogP contribution is -2.06. The van der Waals surface area contributed by atoms with Crippen LogP contribution in [0, 0.1) is 0 Å². The molecule has 122 valence electrons. The third kappa shape index (κ3) is 4.72. The lowest BCUT2D eigenvalue weighted by atomic mass is 10.2. The van der Waals surface area contributed by atoms with Gasteiger partial charge >= 0.3 is 5.97 Å². The van der Waals surface area contributed by atoms with Crippen molar-refractivity contribution < 1.29 is 19.0 Å². The zero-order valence-electron chi connectivity index (χ0n) is 12.8. The van der Waals surface area contributed by atoms with Crippen LogP contribution in [0.2, 0.25) is 0 Å². The smallest absolute Gasteiger partial charge is 0.338 e. The molecule has 0 saturated carbocycles. The van der Waals surface area contributed by atoms with Crippen molar-refractivity contribution in [3.63, 3.8) is 0 Å². The summed E-state index contributed by atoms with van der Waals surface area (Å²) in [6.07, 6.45) is 0. The maximum Gasteiger partial charge on any atom is 0.338 e. The predicted molar refractivity (Wildman–Crippen MR) is 95.1 cm³/mol. The number of benzene rings is 2. The summed E-state index contributed by atoms with van der Waals surface area (Å²) >= 11 is 6.85. The number of rotatable bonds is 6. The van der Waals surface area contributed by atoms with Crippen LogP contribution in [0.1, 0.15) is 22.8 Å². The minimum atomic E-state index is -0.398. The second kappa shape index (κ2) is 8.36. The molecule has 0 spiro atoms. The second-order valence-electron chi connectivity index (χ2n) is 4.63. The lowest BCUT2D eigenvalue weighted by Gasteiger charge is -2.14. The van der Waals surface area contributed by atoms with E-state index in [9.17, 15) is 4.79 Å². The maximum absolute atomic E-state index is 11.8. The Labute approximate surface area is 152 Å². The Kier molecular flexibility index (Phi) is 6.47. The van der Waals surface area contributed by atoms with Crippen molar-refractivity contribution in [2.75, 3.05) is 13.7 Å². The molecule has 23 heavy (non-hydrogen) atoms. The fourth-order valence-electron chi connectivity index (χ4n) is 1.97. The fourth-order valence-corrected chi connectivity index (χ4v) is 2.98. The maximum atomic E-state index is 11.8. The number of carbonyl (C=O) groups is 1. The van der Waals surface area contributed by atoms with Gasteiger partial charge < -0.3 is 14.2 Å².